The highest BCUT2D eigenvalue weighted by molar-refractivity contribution is 9.10. The van der Waals surface area contributed by atoms with Gasteiger partial charge in [-0.3, -0.25) is 4.79 Å². The summed E-state index contributed by atoms with van der Waals surface area (Å²) in [6, 6.07) is 13.1. The molecule has 3 rings (SSSR count). The minimum absolute atomic E-state index is 0.0452. The molecule has 0 aliphatic carbocycles. The number of hydrogen-bond donors (Lipinski definition) is 1. The Morgan fingerprint density at radius 1 is 1.32 bits per heavy atom. The second kappa shape index (κ2) is 7.43. The molecule has 25 heavy (non-hydrogen) atoms. The third-order valence-electron chi connectivity index (χ3n) is 3.63. The third-order valence-corrected chi connectivity index (χ3v) is 4.25. The molecule has 0 saturated heterocycles. The van der Waals surface area contributed by atoms with Gasteiger partial charge in [0.05, 0.1) is 22.8 Å². The molecule has 0 aliphatic rings. The van der Waals surface area contributed by atoms with Gasteiger partial charge in [0.1, 0.15) is 17.8 Å². The van der Waals surface area contributed by atoms with Crippen LogP contribution in [-0.2, 0) is 11.3 Å². The monoisotopic (exact) mass is 401 g/mol. The first-order valence-corrected chi connectivity index (χ1v) is 8.33. The van der Waals surface area contributed by atoms with E-state index in [1.165, 1.54) is 0 Å². The number of fused-ring (bicyclic) bond motifs is 1. The van der Waals surface area contributed by atoms with Crippen LogP contribution in [0.25, 0.3) is 11.0 Å². The lowest BCUT2D eigenvalue weighted by molar-refractivity contribution is -0.121. The maximum Gasteiger partial charge on any atom is 0.261 e. The molecule has 3 aromatic rings. The van der Waals surface area contributed by atoms with Crippen LogP contribution in [0.5, 0.6) is 5.75 Å². The maximum atomic E-state index is 12.1. The van der Waals surface area contributed by atoms with Crippen LogP contribution in [0.2, 0.25) is 0 Å². The predicted octanol–water partition coefficient (Wildman–Crippen LogP) is 2.74. The third kappa shape index (κ3) is 3.85. The number of nitrogens with one attached hydrogen (secondary N) is 1. The van der Waals surface area contributed by atoms with E-state index in [1.54, 1.807) is 11.8 Å². The molecule has 128 valence electrons. The summed E-state index contributed by atoms with van der Waals surface area (Å²) < 4.78 is 7.56. The van der Waals surface area contributed by atoms with E-state index in [4.69, 9.17) is 4.74 Å². The number of halogens is 1. The largest absolute Gasteiger partial charge is 0.496 e. The fourth-order valence-electron chi connectivity index (χ4n) is 2.31. The molecule has 8 heteroatoms. The fraction of sp³-hybridized carbons (Fsp3) is 0.176. The Kier molecular flexibility index (Phi) is 5.08. The molecule has 0 aliphatic heterocycles. The van der Waals surface area contributed by atoms with Crippen molar-refractivity contribution in [1.29, 1.82) is 0 Å². The number of methoxy groups -OCH3 is 1. The number of ether oxygens (including phenoxy) is 1. The van der Waals surface area contributed by atoms with Crippen molar-refractivity contribution in [2.75, 3.05) is 7.11 Å². The van der Waals surface area contributed by atoms with E-state index in [9.17, 15) is 4.79 Å². The number of hydrogen-bond acceptors (Lipinski definition) is 5. The van der Waals surface area contributed by atoms with Crippen LogP contribution in [0, 0.1) is 0 Å². The second-order valence-corrected chi connectivity index (χ2v) is 6.17. The van der Waals surface area contributed by atoms with Crippen molar-refractivity contribution in [2.45, 2.75) is 13.5 Å². The van der Waals surface area contributed by atoms with E-state index >= 15 is 0 Å². The van der Waals surface area contributed by atoms with Gasteiger partial charge in [-0.1, -0.05) is 17.3 Å². The predicted molar refractivity (Wildman–Crippen MR) is 98.6 cm³/mol. The Balaban J connectivity index is 1.68. The Bertz CT molecular complexity index is 951. The summed E-state index contributed by atoms with van der Waals surface area (Å²) in [5.74, 6) is 0.459. The molecule has 0 radical (unpaired) electrons. The molecule has 0 unspecified atom stereocenters. The first-order valence-electron chi connectivity index (χ1n) is 7.54. The Morgan fingerprint density at radius 2 is 2.12 bits per heavy atom. The van der Waals surface area contributed by atoms with Crippen molar-refractivity contribution in [3.05, 3.63) is 52.5 Å². The minimum atomic E-state index is -0.275. The average molecular weight is 402 g/mol. The SMILES string of the molecule is COc1ccc(/C(C)=N\NC(=O)Cn2nnc3ccccc32)cc1Br. The van der Waals surface area contributed by atoms with Gasteiger partial charge in [0, 0.05) is 0 Å². The summed E-state index contributed by atoms with van der Waals surface area (Å²) in [5.41, 5.74) is 5.65. The summed E-state index contributed by atoms with van der Waals surface area (Å²) in [5, 5.41) is 12.2. The van der Waals surface area contributed by atoms with Crippen LogP contribution in [0.15, 0.2) is 52.0 Å². The van der Waals surface area contributed by atoms with Gasteiger partial charge in [0.2, 0.25) is 0 Å². The lowest BCUT2D eigenvalue weighted by atomic mass is 10.1. The van der Waals surface area contributed by atoms with E-state index in [1.807, 2.05) is 49.4 Å². The molecule has 2 aromatic carbocycles. The highest BCUT2D eigenvalue weighted by Crippen LogP contribution is 2.25. The van der Waals surface area contributed by atoms with Gasteiger partial charge >= 0.3 is 0 Å². The van der Waals surface area contributed by atoms with Crippen molar-refractivity contribution < 1.29 is 9.53 Å². The van der Waals surface area contributed by atoms with E-state index in [2.05, 4.69) is 36.8 Å². The van der Waals surface area contributed by atoms with Crippen LogP contribution in [0.3, 0.4) is 0 Å². The van der Waals surface area contributed by atoms with Crippen molar-refractivity contribution in [3.8, 4) is 5.75 Å². The fourth-order valence-corrected chi connectivity index (χ4v) is 2.85. The van der Waals surface area contributed by atoms with Crippen LogP contribution < -0.4 is 10.2 Å². The molecule has 1 amide bonds. The standard InChI is InChI=1S/C17H16BrN5O2/c1-11(12-7-8-16(25-2)13(18)9-12)19-21-17(24)10-23-15-6-4-3-5-14(15)20-22-23/h3-9H,10H2,1-2H3,(H,21,24)/b19-11-. The quantitative estimate of drug-likeness (QED) is 0.526. The minimum Gasteiger partial charge on any atom is -0.496 e. The molecule has 7 nitrogen and oxygen atoms in total. The van der Waals surface area contributed by atoms with Crippen LogP contribution >= 0.6 is 15.9 Å². The van der Waals surface area contributed by atoms with Gasteiger partial charge in [0.25, 0.3) is 5.91 Å². The summed E-state index contributed by atoms with van der Waals surface area (Å²) in [4.78, 5) is 12.1. The number of para-hydroxylation sites is 1. The first kappa shape index (κ1) is 17.1. The molecule has 0 spiro atoms. The first-order chi connectivity index (χ1) is 12.1. The topological polar surface area (TPSA) is 81.4 Å². The summed E-state index contributed by atoms with van der Waals surface area (Å²) >= 11 is 3.43. The average Bonchev–Trinajstić information content (AvgIpc) is 3.02. The van der Waals surface area contributed by atoms with Crippen molar-refractivity contribution in [3.63, 3.8) is 0 Å². The van der Waals surface area contributed by atoms with Gasteiger partial charge in [-0.25, -0.2) is 10.1 Å². The lowest BCUT2D eigenvalue weighted by Crippen LogP contribution is -2.24. The normalized spacial score (nSPS) is 11.6. The summed E-state index contributed by atoms with van der Waals surface area (Å²) in [7, 11) is 1.61. The number of benzene rings is 2. The molecule has 1 N–H and O–H groups in total. The smallest absolute Gasteiger partial charge is 0.261 e. The van der Waals surface area contributed by atoms with Gasteiger partial charge in [-0.05, 0) is 58.7 Å². The van der Waals surface area contributed by atoms with Gasteiger partial charge in [-0.15, -0.1) is 5.10 Å². The number of amides is 1. The Labute approximate surface area is 152 Å². The molecule has 1 aromatic heterocycles. The zero-order chi connectivity index (χ0) is 17.8. The zero-order valence-electron chi connectivity index (χ0n) is 13.7. The number of hydrazone groups is 1. The van der Waals surface area contributed by atoms with Crippen LogP contribution in [0.1, 0.15) is 12.5 Å². The number of rotatable bonds is 5. The van der Waals surface area contributed by atoms with Crippen LogP contribution in [0.4, 0.5) is 0 Å². The number of carbonyl (C=O) groups excluding carboxylic acids is 1. The highest BCUT2D eigenvalue weighted by Gasteiger charge is 2.09. The molecule has 0 fully saturated rings. The number of aromatic nitrogens is 3. The lowest BCUT2D eigenvalue weighted by Gasteiger charge is -2.07. The molecule has 0 atom stereocenters. The van der Waals surface area contributed by atoms with E-state index in [-0.39, 0.29) is 12.5 Å². The summed E-state index contributed by atoms with van der Waals surface area (Å²) in [6.07, 6.45) is 0. The van der Waals surface area contributed by atoms with Crippen molar-refractivity contribution in [1.82, 2.24) is 20.4 Å². The molecule has 0 bridgehead atoms. The van der Waals surface area contributed by atoms with E-state index < -0.39 is 0 Å². The maximum absolute atomic E-state index is 12.1. The van der Waals surface area contributed by atoms with Crippen LogP contribution in [-0.4, -0.2) is 33.7 Å². The number of nitrogens with zero attached hydrogens (tertiary/aromatic N) is 4. The Morgan fingerprint density at radius 3 is 2.88 bits per heavy atom. The van der Waals surface area contributed by atoms with E-state index in [0.29, 0.717) is 5.71 Å². The van der Waals surface area contributed by atoms with Gasteiger partial charge in [-0.2, -0.15) is 5.10 Å². The molecular formula is C17H16BrN5O2. The van der Waals surface area contributed by atoms with Gasteiger partial charge < -0.3 is 4.74 Å². The van der Waals surface area contributed by atoms with E-state index in [0.717, 1.165) is 26.8 Å². The van der Waals surface area contributed by atoms with Gasteiger partial charge in [0.15, 0.2) is 0 Å². The molecule has 0 saturated carbocycles. The number of carbonyl (C=O) groups is 1. The molecule has 1 heterocycles. The summed E-state index contributed by atoms with van der Waals surface area (Å²) in [6.45, 7) is 1.86. The second-order valence-electron chi connectivity index (χ2n) is 5.32. The van der Waals surface area contributed by atoms with Crippen molar-refractivity contribution >= 4 is 38.6 Å². The highest BCUT2D eigenvalue weighted by atomic mass is 79.9. The van der Waals surface area contributed by atoms with Crippen molar-refractivity contribution in [2.24, 2.45) is 5.10 Å². The zero-order valence-corrected chi connectivity index (χ0v) is 15.3. The Hall–Kier alpha value is -2.74. The molecular weight excluding hydrogens is 386 g/mol.